The Morgan fingerprint density at radius 1 is 1.35 bits per heavy atom. The molecule has 0 aromatic heterocycles. The highest BCUT2D eigenvalue weighted by molar-refractivity contribution is 5.69. The normalized spacial score (nSPS) is 22.1. The van der Waals surface area contributed by atoms with Gasteiger partial charge < -0.3 is 10.5 Å². The molecule has 1 aromatic carbocycles. The Bertz CT molecular complexity index is 530. The molecule has 2 rings (SSSR count). The van der Waals surface area contributed by atoms with Crippen molar-refractivity contribution in [3.63, 3.8) is 0 Å². The van der Waals surface area contributed by atoms with Gasteiger partial charge >= 0.3 is 5.97 Å². The van der Waals surface area contributed by atoms with Gasteiger partial charge in [-0.15, -0.1) is 0 Å². The highest BCUT2D eigenvalue weighted by Crippen LogP contribution is 2.23. The van der Waals surface area contributed by atoms with E-state index in [9.17, 15) is 4.79 Å². The van der Waals surface area contributed by atoms with Gasteiger partial charge in [0.15, 0.2) is 0 Å². The number of nitrogens with two attached hydrogens (primary N) is 1. The third kappa shape index (κ3) is 5.63. The smallest absolute Gasteiger partial charge is 0.305 e. The number of carbonyl (C=O) groups is 1. The molecule has 23 heavy (non-hydrogen) atoms. The molecule has 0 amide bonds. The highest BCUT2D eigenvalue weighted by Gasteiger charge is 2.25. The number of carbonyl (C=O) groups excluding carboxylic acids is 1. The maximum absolute atomic E-state index is 11.5. The predicted octanol–water partition coefficient (Wildman–Crippen LogP) is 2.80. The van der Waals surface area contributed by atoms with Crippen LogP contribution in [0.25, 0.3) is 0 Å². The molecule has 0 saturated carbocycles. The summed E-state index contributed by atoms with van der Waals surface area (Å²) >= 11 is 0. The van der Waals surface area contributed by atoms with Crippen LogP contribution in [0.1, 0.15) is 42.9 Å². The molecule has 2 N–H and O–H groups in total. The van der Waals surface area contributed by atoms with E-state index in [1.165, 1.54) is 16.7 Å². The molecule has 1 aliphatic heterocycles. The summed E-state index contributed by atoms with van der Waals surface area (Å²) in [6.45, 7) is 9.49. The lowest BCUT2D eigenvalue weighted by Crippen LogP contribution is -2.46. The van der Waals surface area contributed by atoms with Crippen molar-refractivity contribution in [1.82, 2.24) is 4.90 Å². The van der Waals surface area contributed by atoms with Crippen LogP contribution in [-0.4, -0.2) is 36.6 Å². The van der Waals surface area contributed by atoms with Crippen LogP contribution in [0.5, 0.6) is 0 Å². The van der Waals surface area contributed by atoms with Gasteiger partial charge in [0.05, 0.1) is 6.61 Å². The number of nitrogens with zero attached hydrogens (tertiary/aromatic N) is 1. The van der Waals surface area contributed by atoms with Crippen molar-refractivity contribution in [3.8, 4) is 0 Å². The van der Waals surface area contributed by atoms with E-state index in [0.29, 0.717) is 18.9 Å². The molecule has 1 aromatic rings. The summed E-state index contributed by atoms with van der Waals surface area (Å²) in [7, 11) is 0. The number of benzene rings is 1. The van der Waals surface area contributed by atoms with Crippen molar-refractivity contribution in [2.75, 3.05) is 19.7 Å². The third-order valence-electron chi connectivity index (χ3n) is 4.60. The Kier molecular flexibility index (Phi) is 6.60. The molecule has 4 heteroatoms. The molecule has 2 unspecified atom stereocenters. The van der Waals surface area contributed by atoms with Gasteiger partial charge in [0.1, 0.15) is 0 Å². The third-order valence-corrected chi connectivity index (χ3v) is 4.60. The quantitative estimate of drug-likeness (QED) is 0.820. The van der Waals surface area contributed by atoms with Gasteiger partial charge in [0.25, 0.3) is 0 Å². The van der Waals surface area contributed by atoms with Gasteiger partial charge in [-0.1, -0.05) is 23.8 Å². The number of hydrogen-bond donors (Lipinski definition) is 1. The molecular formula is C19H30N2O2. The van der Waals surface area contributed by atoms with E-state index >= 15 is 0 Å². The summed E-state index contributed by atoms with van der Waals surface area (Å²) in [5.74, 6) is 0.390. The Balaban J connectivity index is 1.90. The number of piperidine rings is 1. The molecule has 0 aliphatic carbocycles. The zero-order chi connectivity index (χ0) is 16.8. The topological polar surface area (TPSA) is 55.6 Å². The second kappa shape index (κ2) is 8.46. The van der Waals surface area contributed by atoms with Gasteiger partial charge in [-0.05, 0) is 50.7 Å². The first-order chi connectivity index (χ1) is 11.0. The van der Waals surface area contributed by atoms with Gasteiger partial charge in [0, 0.05) is 32.1 Å². The molecule has 0 bridgehead atoms. The SMILES string of the molecule is CCOC(=O)CCC1CC(N)CN(Cc2ccc(C)cc2C)C1. The first kappa shape index (κ1) is 18.0. The second-order valence-electron chi connectivity index (χ2n) is 6.83. The largest absolute Gasteiger partial charge is 0.466 e. The number of rotatable bonds is 6. The molecule has 0 radical (unpaired) electrons. The molecule has 4 nitrogen and oxygen atoms in total. The van der Waals surface area contributed by atoms with Crippen LogP contribution >= 0.6 is 0 Å². The maximum Gasteiger partial charge on any atom is 0.305 e. The number of hydrogen-bond acceptors (Lipinski definition) is 4. The molecule has 1 aliphatic rings. The van der Waals surface area contributed by atoms with E-state index in [1.807, 2.05) is 6.92 Å². The van der Waals surface area contributed by atoms with E-state index < -0.39 is 0 Å². The molecule has 128 valence electrons. The van der Waals surface area contributed by atoms with E-state index in [0.717, 1.165) is 32.5 Å². The fraction of sp³-hybridized carbons (Fsp3) is 0.632. The number of ether oxygens (including phenoxy) is 1. The maximum atomic E-state index is 11.5. The van der Waals surface area contributed by atoms with Crippen molar-refractivity contribution in [2.24, 2.45) is 11.7 Å². The van der Waals surface area contributed by atoms with E-state index in [4.69, 9.17) is 10.5 Å². The standard InChI is InChI=1S/C19H30N2O2/c1-4-23-19(22)8-6-16-10-18(20)13-21(11-16)12-17-7-5-14(2)9-15(17)3/h5,7,9,16,18H,4,6,8,10-13,20H2,1-3H3. The summed E-state index contributed by atoms with van der Waals surface area (Å²) in [6, 6.07) is 6.82. The number of aryl methyl sites for hydroxylation is 2. The molecular weight excluding hydrogens is 288 g/mol. The molecule has 1 saturated heterocycles. The summed E-state index contributed by atoms with van der Waals surface area (Å²) < 4.78 is 5.03. The summed E-state index contributed by atoms with van der Waals surface area (Å²) in [5.41, 5.74) is 10.2. The lowest BCUT2D eigenvalue weighted by molar-refractivity contribution is -0.143. The summed E-state index contributed by atoms with van der Waals surface area (Å²) in [5, 5.41) is 0. The van der Waals surface area contributed by atoms with Crippen LogP contribution in [0.2, 0.25) is 0 Å². The van der Waals surface area contributed by atoms with E-state index in [-0.39, 0.29) is 12.0 Å². The lowest BCUT2D eigenvalue weighted by Gasteiger charge is -2.36. The summed E-state index contributed by atoms with van der Waals surface area (Å²) in [4.78, 5) is 14.0. The zero-order valence-electron chi connectivity index (χ0n) is 14.7. The predicted molar refractivity (Wildman–Crippen MR) is 93.1 cm³/mol. The minimum absolute atomic E-state index is 0.0902. The van der Waals surface area contributed by atoms with Crippen LogP contribution in [0.15, 0.2) is 18.2 Å². The van der Waals surface area contributed by atoms with Crippen LogP contribution in [0, 0.1) is 19.8 Å². The Hall–Kier alpha value is -1.39. The van der Waals surface area contributed by atoms with Crippen molar-refractivity contribution in [3.05, 3.63) is 34.9 Å². The van der Waals surface area contributed by atoms with Gasteiger partial charge in [-0.3, -0.25) is 9.69 Å². The van der Waals surface area contributed by atoms with Crippen molar-refractivity contribution in [2.45, 2.75) is 52.6 Å². The Labute approximate surface area is 140 Å². The molecule has 1 fully saturated rings. The second-order valence-corrected chi connectivity index (χ2v) is 6.83. The van der Waals surface area contributed by atoms with Gasteiger partial charge in [0.2, 0.25) is 0 Å². The van der Waals surface area contributed by atoms with E-state index in [2.05, 4.69) is 36.9 Å². The minimum atomic E-state index is -0.0902. The highest BCUT2D eigenvalue weighted by atomic mass is 16.5. The lowest BCUT2D eigenvalue weighted by atomic mass is 9.90. The monoisotopic (exact) mass is 318 g/mol. The first-order valence-electron chi connectivity index (χ1n) is 8.67. The number of likely N-dealkylation sites (tertiary alicyclic amines) is 1. The van der Waals surface area contributed by atoms with Crippen LogP contribution < -0.4 is 5.73 Å². The average Bonchev–Trinajstić information content (AvgIpc) is 2.48. The Morgan fingerprint density at radius 2 is 2.13 bits per heavy atom. The van der Waals surface area contributed by atoms with Crippen molar-refractivity contribution >= 4 is 5.97 Å². The van der Waals surface area contributed by atoms with Gasteiger partial charge in [-0.2, -0.15) is 0 Å². The van der Waals surface area contributed by atoms with E-state index in [1.54, 1.807) is 0 Å². The molecule has 2 atom stereocenters. The van der Waals surface area contributed by atoms with Crippen LogP contribution in [0.4, 0.5) is 0 Å². The fourth-order valence-corrected chi connectivity index (χ4v) is 3.51. The van der Waals surface area contributed by atoms with Crippen molar-refractivity contribution in [1.29, 1.82) is 0 Å². The van der Waals surface area contributed by atoms with Crippen molar-refractivity contribution < 1.29 is 9.53 Å². The van der Waals surface area contributed by atoms with Gasteiger partial charge in [-0.25, -0.2) is 0 Å². The fourth-order valence-electron chi connectivity index (χ4n) is 3.51. The van der Waals surface area contributed by atoms with Crippen LogP contribution in [-0.2, 0) is 16.1 Å². The number of esters is 1. The molecule has 0 spiro atoms. The first-order valence-corrected chi connectivity index (χ1v) is 8.67. The average molecular weight is 318 g/mol. The van der Waals surface area contributed by atoms with Crippen LogP contribution in [0.3, 0.4) is 0 Å². The summed E-state index contributed by atoms with van der Waals surface area (Å²) in [6.07, 6.45) is 2.38. The minimum Gasteiger partial charge on any atom is -0.466 e. The zero-order valence-corrected chi connectivity index (χ0v) is 14.7. The molecule has 1 heterocycles. The Morgan fingerprint density at radius 3 is 2.83 bits per heavy atom.